The third kappa shape index (κ3) is 5.65. The number of aryl methyl sites for hydroxylation is 1. The van der Waals surface area contributed by atoms with Crippen LogP contribution < -0.4 is 0 Å². The fraction of sp³-hybridized carbons (Fsp3) is 0.273. The van der Waals surface area contributed by atoms with E-state index in [4.69, 9.17) is 9.68 Å². The molecule has 1 fully saturated rings. The molecule has 4 aromatic rings. The van der Waals surface area contributed by atoms with Gasteiger partial charge in [0, 0.05) is 44.6 Å². The summed E-state index contributed by atoms with van der Waals surface area (Å²) in [5.74, 6) is -1.33. The topological polar surface area (TPSA) is 111 Å². The Morgan fingerprint density at radius 2 is 1.64 bits per heavy atom. The molecule has 0 atom stereocenters. The number of ketones is 2. The summed E-state index contributed by atoms with van der Waals surface area (Å²) in [6, 6.07) is 17.9. The van der Waals surface area contributed by atoms with Crippen LogP contribution >= 0.6 is 11.3 Å². The smallest absolute Gasteiger partial charge is 0.318 e. The van der Waals surface area contributed by atoms with Crippen molar-refractivity contribution in [1.82, 2.24) is 0 Å². The molecule has 0 saturated heterocycles. The highest BCUT2D eigenvalue weighted by Gasteiger charge is 2.27. The molecule has 0 aliphatic heterocycles. The predicted octanol–water partition coefficient (Wildman–Crippen LogP) is 7.08. The molecule has 1 aromatic heterocycles. The molecule has 6 rings (SSSR count). The van der Waals surface area contributed by atoms with E-state index < -0.39 is 11.9 Å². The molecule has 0 bridgehead atoms. The lowest BCUT2D eigenvalue weighted by Gasteiger charge is -2.16. The quantitative estimate of drug-likeness (QED) is 0.1000. The molecule has 212 valence electrons. The van der Waals surface area contributed by atoms with Crippen LogP contribution in [0.3, 0.4) is 0 Å². The zero-order valence-corrected chi connectivity index (χ0v) is 23.9. The average molecular weight is 581 g/mol. The van der Waals surface area contributed by atoms with E-state index in [1.807, 2.05) is 24.3 Å². The second-order valence-electron chi connectivity index (χ2n) is 10.7. The monoisotopic (exact) mass is 580 g/mol. The molecule has 3 aromatic carbocycles. The Labute approximate surface area is 246 Å². The van der Waals surface area contributed by atoms with Gasteiger partial charge in [0.2, 0.25) is 11.6 Å². The number of thiophene rings is 1. The maximum Gasteiger partial charge on any atom is 0.365 e. The summed E-state index contributed by atoms with van der Waals surface area (Å²) in [6.07, 6.45) is 5.72. The van der Waals surface area contributed by atoms with Gasteiger partial charge in [0.05, 0.1) is 5.56 Å². The van der Waals surface area contributed by atoms with Gasteiger partial charge in [-0.15, -0.1) is 11.3 Å². The van der Waals surface area contributed by atoms with Crippen molar-refractivity contribution >= 4 is 66.4 Å². The third-order valence-electron chi connectivity index (χ3n) is 7.85. The van der Waals surface area contributed by atoms with Crippen molar-refractivity contribution in [1.29, 1.82) is 0 Å². The normalized spacial score (nSPS) is 16.6. The van der Waals surface area contributed by atoms with Crippen LogP contribution in [-0.4, -0.2) is 34.9 Å². The van der Waals surface area contributed by atoms with Gasteiger partial charge in [-0.2, -0.15) is 0 Å². The van der Waals surface area contributed by atoms with Gasteiger partial charge < -0.3 is 9.68 Å². The predicted molar refractivity (Wildman–Crippen MR) is 161 cm³/mol. The third-order valence-corrected chi connectivity index (χ3v) is 8.98. The van der Waals surface area contributed by atoms with Crippen molar-refractivity contribution in [3.8, 4) is 0 Å². The van der Waals surface area contributed by atoms with E-state index in [0.717, 1.165) is 51.4 Å². The lowest BCUT2D eigenvalue weighted by atomic mass is 9.88. The number of nitrogens with zero attached hydrogens (tertiary/aromatic N) is 2. The molecule has 8 nitrogen and oxygen atoms in total. The van der Waals surface area contributed by atoms with Crippen molar-refractivity contribution < 1.29 is 28.9 Å². The van der Waals surface area contributed by atoms with Crippen molar-refractivity contribution in [3.05, 3.63) is 82.9 Å². The molecule has 42 heavy (non-hydrogen) atoms. The number of hydrogen-bond acceptors (Lipinski definition) is 9. The summed E-state index contributed by atoms with van der Waals surface area (Å²) in [4.78, 5) is 60.5. The highest BCUT2D eigenvalue weighted by Crippen LogP contribution is 2.38. The molecule has 0 N–H and O–H groups in total. The summed E-state index contributed by atoms with van der Waals surface area (Å²) >= 11 is 1.53. The number of fused-ring (bicyclic) bond motifs is 4. The number of carbonyl (C=O) groups excluding carboxylic acids is 4. The molecule has 9 heteroatoms. The number of hydrogen-bond donors (Lipinski definition) is 0. The fourth-order valence-electron chi connectivity index (χ4n) is 5.70. The summed E-state index contributed by atoms with van der Waals surface area (Å²) in [6.45, 7) is 1.27. The molecule has 1 saturated carbocycles. The Bertz CT molecular complexity index is 1800. The minimum absolute atomic E-state index is 0.210. The van der Waals surface area contributed by atoms with Crippen LogP contribution in [-0.2, 0) is 20.9 Å². The Morgan fingerprint density at radius 1 is 0.881 bits per heavy atom. The van der Waals surface area contributed by atoms with Gasteiger partial charge in [-0.3, -0.25) is 9.59 Å². The molecule has 0 amide bonds. The standard InChI is InChI=1S/C33H28N2O6S/c1-19(36)40-35-28(15-20-7-5-6-8-20)31(37)23-12-14-29-25(17-23)26-16-22-11-13-27(32(38)24(22)18-30(26)42-29)34-41-33(39)21-9-3-2-4-10-21/h2-4,9-10,12,14,16-18,20H,5-8,11,13,15H2,1H3/b34-27-,35-28+. The van der Waals surface area contributed by atoms with E-state index in [1.165, 1.54) is 18.3 Å². The second-order valence-corrected chi connectivity index (χ2v) is 11.8. The summed E-state index contributed by atoms with van der Waals surface area (Å²) < 4.78 is 1.89. The van der Waals surface area contributed by atoms with E-state index in [0.29, 0.717) is 41.9 Å². The first-order chi connectivity index (χ1) is 20.4. The number of oxime groups is 2. The van der Waals surface area contributed by atoms with Gasteiger partial charge in [-0.1, -0.05) is 54.2 Å². The van der Waals surface area contributed by atoms with E-state index in [1.54, 1.807) is 36.4 Å². The second kappa shape index (κ2) is 11.8. The van der Waals surface area contributed by atoms with E-state index in [2.05, 4.69) is 10.3 Å². The van der Waals surface area contributed by atoms with Gasteiger partial charge in [-0.05, 0) is 66.8 Å². The Kier molecular flexibility index (Phi) is 7.75. The number of carbonyl (C=O) groups is 4. The maximum atomic E-state index is 13.5. The van der Waals surface area contributed by atoms with Crippen LogP contribution in [0.5, 0.6) is 0 Å². The molecule has 2 aliphatic carbocycles. The average Bonchev–Trinajstić information content (AvgIpc) is 3.65. The van der Waals surface area contributed by atoms with Gasteiger partial charge in [0.25, 0.3) is 0 Å². The first-order valence-corrected chi connectivity index (χ1v) is 14.9. The number of benzene rings is 3. The first kappa shape index (κ1) is 27.7. The maximum absolute atomic E-state index is 13.5. The Morgan fingerprint density at radius 3 is 2.40 bits per heavy atom. The van der Waals surface area contributed by atoms with Crippen LogP contribution in [0.1, 0.15) is 82.1 Å². The van der Waals surface area contributed by atoms with E-state index in [-0.39, 0.29) is 23.0 Å². The van der Waals surface area contributed by atoms with E-state index >= 15 is 0 Å². The molecule has 0 radical (unpaired) electrons. The van der Waals surface area contributed by atoms with Gasteiger partial charge in [0.1, 0.15) is 11.4 Å². The number of Topliss-reactive ketones (excluding diaryl/α,β-unsaturated/α-hetero) is 2. The molecule has 0 unspecified atom stereocenters. The van der Waals surface area contributed by atoms with Gasteiger partial charge >= 0.3 is 11.9 Å². The fourth-order valence-corrected chi connectivity index (χ4v) is 6.81. The Hall–Kier alpha value is -4.50. The summed E-state index contributed by atoms with van der Waals surface area (Å²) in [5, 5.41) is 9.74. The van der Waals surface area contributed by atoms with Crippen molar-refractivity contribution in [2.45, 2.75) is 51.9 Å². The minimum Gasteiger partial charge on any atom is -0.318 e. The van der Waals surface area contributed by atoms with Crippen LogP contribution in [0, 0.1) is 5.92 Å². The lowest BCUT2D eigenvalue weighted by Crippen LogP contribution is -2.23. The Balaban J connectivity index is 1.28. The van der Waals surface area contributed by atoms with Gasteiger partial charge in [-0.25, -0.2) is 9.59 Å². The summed E-state index contributed by atoms with van der Waals surface area (Å²) in [7, 11) is 0. The molecular formula is C33H28N2O6S. The van der Waals surface area contributed by atoms with Crippen LogP contribution in [0.15, 0.2) is 71.0 Å². The molecule has 0 spiro atoms. The summed E-state index contributed by atoms with van der Waals surface area (Å²) in [5.41, 5.74) is 2.74. The zero-order chi connectivity index (χ0) is 29.2. The van der Waals surface area contributed by atoms with Crippen LogP contribution in [0.4, 0.5) is 0 Å². The van der Waals surface area contributed by atoms with Crippen LogP contribution in [0.25, 0.3) is 20.2 Å². The molecular weight excluding hydrogens is 552 g/mol. The van der Waals surface area contributed by atoms with E-state index in [9.17, 15) is 19.2 Å². The molecule has 1 heterocycles. The zero-order valence-electron chi connectivity index (χ0n) is 23.1. The van der Waals surface area contributed by atoms with Crippen LogP contribution in [0.2, 0.25) is 0 Å². The highest BCUT2D eigenvalue weighted by atomic mass is 32.1. The van der Waals surface area contributed by atoms with Crippen molar-refractivity contribution in [2.24, 2.45) is 16.2 Å². The first-order valence-electron chi connectivity index (χ1n) is 14.0. The van der Waals surface area contributed by atoms with Crippen molar-refractivity contribution in [3.63, 3.8) is 0 Å². The minimum atomic E-state index is -0.615. The number of rotatable bonds is 7. The highest BCUT2D eigenvalue weighted by molar-refractivity contribution is 7.25. The van der Waals surface area contributed by atoms with Crippen molar-refractivity contribution in [2.75, 3.05) is 0 Å². The largest absolute Gasteiger partial charge is 0.365 e. The SMILES string of the molecule is CC(=O)O/N=C(\CC1CCCC1)C(=O)c1ccc2sc3cc4c(cc3c2c1)CC/C(=N/OC(=O)c1ccccc1)C4=O. The lowest BCUT2D eigenvalue weighted by molar-refractivity contribution is -0.140. The molecule has 2 aliphatic rings. The van der Waals surface area contributed by atoms with Gasteiger partial charge in [0.15, 0.2) is 0 Å².